The molecule has 6 nitrogen and oxygen atoms in total. The molecule has 1 saturated heterocycles. The quantitative estimate of drug-likeness (QED) is 0.378. The van der Waals surface area contributed by atoms with Crippen LogP contribution in [0, 0.1) is 0 Å². The van der Waals surface area contributed by atoms with E-state index in [1.165, 1.54) is 5.56 Å². The summed E-state index contributed by atoms with van der Waals surface area (Å²) < 4.78 is 5.82. The minimum atomic E-state index is -0.177. The number of carbonyl (C=O) groups is 1. The van der Waals surface area contributed by atoms with Gasteiger partial charge in [-0.2, -0.15) is 0 Å². The summed E-state index contributed by atoms with van der Waals surface area (Å²) in [4.78, 5) is 17.9. The Bertz CT molecular complexity index is 586. The van der Waals surface area contributed by atoms with Crippen molar-refractivity contribution in [2.24, 2.45) is 4.99 Å². The van der Waals surface area contributed by atoms with Gasteiger partial charge in [-0.3, -0.25) is 4.79 Å². The zero-order valence-electron chi connectivity index (χ0n) is 16.1. The van der Waals surface area contributed by atoms with Crippen molar-refractivity contribution in [1.29, 1.82) is 0 Å². The van der Waals surface area contributed by atoms with E-state index in [2.05, 4.69) is 41.6 Å². The molecular weight excluding hydrogens is 443 g/mol. The van der Waals surface area contributed by atoms with Crippen LogP contribution in [-0.4, -0.2) is 56.2 Å². The van der Waals surface area contributed by atoms with Crippen LogP contribution in [0.15, 0.2) is 35.3 Å². The summed E-state index contributed by atoms with van der Waals surface area (Å²) in [7, 11) is 3.47. The van der Waals surface area contributed by atoms with Crippen LogP contribution in [0.4, 0.5) is 0 Å². The topological polar surface area (TPSA) is 66.0 Å². The summed E-state index contributed by atoms with van der Waals surface area (Å²) in [5, 5.41) is 6.72. The predicted molar refractivity (Wildman–Crippen MR) is 116 cm³/mol. The van der Waals surface area contributed by atoms with E-state index in [1.54, 1.807) is 19.0 Å². The average Bonchev–Trinajstić information content (AvgIpc) is 3.04. The van der Waals surface area contributed by atoms with Gasteiger partial charge in [-0.1, -0.05) is 30.3 Å². The normalized spacial score (nSPS) is 20.8. The predicted octanol–water partition coefficient (Wildman–Crippen LogP) is 2.56. The standard InChI is InChI=1S/C19H30N4O2.HI/c1-15(16-9-6-5-7-10-16)22-18(20-13-17(24)23(3)4)21-14-19(2)11-8-12-25-19;/h5-7,9-10,15H,8,11-14H2,1-4H3,(H2,20,21,22);1H. The van der Waals surface area contributed by atoms with Gasteiger partial charge in [0.15, 0.2) is 5.96 Å². The second kappa shape index (κ2) is 10.7. The Hall–Kier alpha value is -1.35. The lowest BCUT2D eigenvalue weighted by Gasteiger charge is -2.26. The first-order chi connectivity index (χ1) is 11.9. The molecule has 0 saturated carbocycles. The number of aliphatic imine (C=N–C) groups is 1. The molecule has 1 aliphatic rings. The maximum atomic E-state index is 11.9. The van der Waals surface area contributed by atoms with Gasteiger partial charge in [0.1, 0.15) is 6.54 Å². The number of halogens is 1. The summed E-state index contributed by atoms with van der Waals surface area (Å²) in [6.45, 7) is 5.76. The molecule has 0 bridgehead atoms. The Morgan fingerprint density at radius 2 is 2.04 bits per heavy atom. The van der Waals surface area contributed by atoms with Gasteiger partial charge < -0.3 is 20.3 Å². The van der Waals surface area contributed by atoms with Gasteiger partial charge in [-0.25, -0.2) is 4.99 Å². The fourth-order valence-electron chi connectivity index (χ4n) is 2.72. The zero-order valence-corrected chi connectivity index (χ0v) is 18.4. The minimum Gasteiger partial charge on any atom is -0.373 e. The van der Waals surface area contributed by atoms with Gasteiger partial charge in [0, 0.05) is 27.2 Å². The van der Waals surface area contributed by atoms with Gasteiger partial charge in [0.25, 0.3) is 0 Å². The van der Waals surface area contributed by atoms with Crippen LogP contribution in [0.3, 0.4) is 0 Å². The van der Waals surface area contributed by atoms with Crippen molar-refractivity contribution in [3.8, 4) is 0 Å². The fraction of sp³-hybridized carbons (Fsp3) is 0.579. The lowest BCUT2D eigenvalue weighted by molar-refractivity contribution is -0.127. The van der Waals surface area contributed by atoms with E-state index in [9.17, 15) is 4.79 Å². The fourth-order valence-corrected chi connectivity index (χ4v) is 2.72. The van der Waals surface area contributed by atoms with Crippen molar-refractivity contribution in [1.82, 2.24) is 15.5 Å². The van der Waals surface area contributed by atoms with Crippen LogP contribution in [0.5, 0.6) is 0 Å². The lowest BCUT2D eigenvalue weighted by Crippen LogP contribution is -2.46. The number of nitrogens with zero attached hydrogens (tertiary/aromatic N) is 2. The largest absolute Gasteiger partial charge is 0.373 e. The third-order valence-electron chi connectivity index (χ3n) is 4.45. The van der Waals surface area contributed by atoms with E-state index in [-0.39, 0.29) is 48.1 Å². The second-order valence-corrected chi connectivity index (χ2v) is 6.99. The van der Waals surface area contributed by atoms with Crippen LogP contribution >= 0.6 is 24.0 Å². The molecule has 0 spiro atoms. The molecule has 0 aliphatic carbocycles. The Balaban J connectivity index is 0.00000338. The molecule has 146 valence electrons. The molecule has 0 radical (unpaired) electrons. The summed E-state index contributed by atoms with van der Waals surface area (Å²) in [5.41, 5.74) is 0.989. The van der Waals surface area contributed by atoms with Crippen molar-refractivity contribution in [2.75, 3.05) is 33.8 Å². The van der Waals surface area contributed by atoms with E-state index in [1.807, 2.05) is 18.2 Å². The number of likely N-dealkylation sites (N-methyl/N-ethyl adjacent to an activating group) is 1. The molecule has 1 aromatic rings. The molecule has 26 heavy (non-hydrogen) atoms. The SMILES string of the molecule is CC(NC(=NCC(=O)N(C)C)NCC1(C)CCCO1)c1ccccc1.I. The van der Waals surface area contributed by atoms with Gasteiger partial charge >= 0.3 is 0 Å². The number of carbonyl (C=O) groups excluding carboxylic acids is 1. The summed E-state index contributed by atoms with van der Waals surface area (Å²) >= 11 is 0. The Morgan fingerprint density at radius 3 is 2.62 bits per heavy atom. The third-order valence-corrected chi connectivity index (χ3v) is 4.45. The van der Waals surface area contributed by atoms with Gasteiger partial charge in [-0.15, -0.1) is 24.0 Å². The number of hydrogen-bond acceptors (Lipinski definition) is 3. The minimum absolute atomic E-state index is 0. The Kier molecular flexibility index (Phi) is 9.35. The van der Waals surface area contributed by atoms with Gasteiger partial charge in [0.2, 0.25) is 5.91 Å². The number of ether oxygens (including phenoxy) is 1. The number of rotatable bonds is 6. The van der Waals surface area contributed by atoms with E-state index in [4.69, 9.17) is 4.74 Å². The summed E-state index contributed by atoms with van der Waals surface area (Å²) in [5.74, 6) is 0.597. The van der Waals surface area contributed by atoms with Crippen LogP contribution in [0.2, 0.25) is 0 Å². The average molecular weight is 474 g/mol. The molecule has 1 fully saturated rings. The highest BCUT2D eigenvalue weighted by Gasteiger charge is 2.29. The monoisotopic (exact) mass is 474 g/mol. The Morgan fingerprint density at radius 1 is 1.35 bits per heavy atom. The van der Waals surface area contributed by atoms with Crippen LogP contribution < -0.4 is 10.6 Å². The van der Waals surface area contributed by atoms with Crippen molar-refractivity contribution < 1.29 is 9.53 Å². The summed E-state index contributed by atoms with van der Waals surface area (Å²) in [6, 6.07) is 10.3. The van der Waals surface area contributed by atoms with E-state index >= 15 is 0 Å². The molecule has 2 rings (SSSR count). The second-order valence-electron chi connectivity index (χ2n) is 6.99. The first-order valence-corrected chi connectivity index (χ1v) is 8.83. The van der Waals surface area contributed by atoms with Crippen molar-refractivity contribution in [2.45, 2.75) is 38.3 Å². The molecule has 0 aromatic heterocycles. The number of nitrogens with one attached hydrogen (secondary N) is 2. The van der Waals surface area contributed by atoms with Crippen molar-refractivity contribution >= 4 is 35.8 Å². The highest BCUT2D eigenvalue weighted by Crippen LogP contribution is 2.23. The van der Waals surface area contributed by atoms with E-state index in [0.29, 0.717) is 12.5 Å². The zero-order chi connectivity index (χ0) is 18.3. The maximum absolute atomic E-state index is 11.9. The van der Waals surface area contributed by atoms with Crippen molar-refractivity contribution in [3.05, 3.63) is 35.9 Å². The molecule has 1 heterocycles. The third kappa shape index (κ3) is 7.11. The first kappa shape index (κ1) is 22.7. The Labute approximate surface area is 173 Å². The number of hydrogen-bond donors (Lipinski definition) is 2. The molecule has 2 atom stereocenters. The molecule has 2 unspecified atom stereocenters. The van der Waals surface area contributed by atoms with Gasteiger partial charge in [0.05, 0.1) is 11.6 Å². The molecule has 7 heteroatoms. The van der Waals surface area contributed by atoms with Crippen LogP contribution in [0.25, 0.3) is 0 Å². The molecule has 1 aliphatic heterocycles. The highest BCUT2D eigenvalue weighted by atomic mass is 127. The van der Waals surface area contributed by atoms with Gasteiger partial charge in [-0.05, 0) is 32.3 Å². The van der Waals surface area contributed by atoms with Crippen LogP contribution in [0.1, 0.15) is 38.3 Å². The highest BCUT2D eigenvalue weighted by molar-refractivity contribution is 14.0. The molecule has 2 N–H and O–H groups in total. The number of amides is 1. The van der Waals surface area contributed by atoms with E-state index < -0.39 is 0 Å². The van der Waals surface area contributed by atoms with Crippen molar-refractivity contribution in [3.63, 3.8) is 0 Å². The van der Waals surface area contributed by atoms with Crippen LogP contribution in [-0.2, 0) is 9.53 Å². The lowest BCUT2D eigenvalue weighted by atomic mass is 10.0. The summed E-state index contributed by atoms with van der Waals surface area (Å²) in [6.07, 6.45) is 2.11. The molecule has 1 aromatic carbocycles. The number of guanidine groups is 1. The first-order valence-electron chi connectivity index (χ1n) is 8.83. The molecular formula is C19H31IN4O2. The number of benzene rings is 1. The van der Waals surface area contributed by atoms with E-state index in [0.717, 1.165) is 19.4 Å². The molecule has 1 amide bonds. The smallest absolute Gasteiger partial charge is 0.243 e. The maximum Gasteiger partial charge on any atom is 0.243 e.